The molecule has 0 aromatic carbocycles. The molecule has 2 aliphatic heterocycles. The van der Waals surface area contributed by atoms with Gasteiger partial charge in [0.15, 0.2) is 5.96 Å². The molecule has 2 heterocycles. The molecule has 3 fully saturated rings. The van der Waals surface area contributed by atoms with E-state index in [1.54, 1.807) is 7.11 Å². The van der Waals surface area contributed by atoms with Gasteiger partial charge < -0.3 is 19.7 Å². The van der Waals surface area contributed by atoms with Crippen molar-refractivity contribution in [3.63, 3.8) is 0 Å². The van der Waals surface area contributed by atoms with E-state index in [4.69, 9.17) is 9.47 Å². The first-order chi connectivity index (χ1) is 10.1. The van der Waals surface area contributed by atoms with E-state index in [0.29, 0.717) is 24.0 Å². The Kier molecular flexibility index (Phi) is 5.99. The van der Waals surface area contributed by atoms with Crippen LogP contribution in [0.25, 0.3) is 0 Å². The Balaban J connectivity index is 0.00000176. The van der Waals surface area contributed by atoms with E-state index in [1.807, 2.05) is 7.05 Å². The summed E-state index contributed by atoms with van der Waals surface area (Å²) in [6.07, 6.45) is 2.79. The Labute approximate surface area is 151 Å². The largest absolute Gasteiger partial charge is 0.384 e. The molecule has 1 saturated carbocycles. The molecule has 0 amide bonds. The SMILES string of the molecule is CN=C(NC1C2CCOC2C1(C)C)N1CCC(COC)C1.I. The van der Waals surface area contributed by atoms with Crippen LogP contribution in [-0.4, -0.2) is 63.5 Å². The van der Waals surface area contributed by atoms with E-state index >= 15 is 0 Å². The smallest absolute Gasteiger partial charge is 0.193 e. The van der Waals surface area contributed by atoms with Crippen LogP contribution in [0.1, 0.15) is 26.7 Å². The summed E-state index contributed by atoms with van der Waals surface area (Å²) in [4.78, 5) is 6.89. The zero-order chi connectivity index (χ0) is 15.0. The van der Waals surface area contributed by atoms with Crippen LogP contribution in [0.5, 0.6) is 0 Å². The van der Waals surface area contributed by atoms with Gasteiger partial charge in [0.1, 0.15) is 0 Å². The molecular weight excluding hydrogens is 393 g/mol. The molecule has 128 valence electrons. The van der Waals surface area contributed by atoms with Gasteiger partial charge in [0.05, 0.1) is 12.7 Å². The van der Waals surface area contributed by atoms with Gasteiger partial charge in [-0.15, -0.1) is 24.0 Å². The summed E-state index contributed by atoms with van der Waals surface area (Å²) in [5, 5.41) is 3.72. The molecule has 2 saturated heterocycles. The summed E-state index contributed by atoms with van der Waals surface area (Å²) >= 11 is 0. The highest BCUT2D eigenvalue weighted by molar-refractivity contribution is 14.0. The van der Waals surface area contributed by atoms with Crippen LogP contribution in [0.4, 0.5) is 0 Å². The van der Waals surface area contributed by atoms with Crippen molar-refractivity contribution in [3.8, 4) is 0 Å². The summed E-state index contributed by atoms with van der Waals surface area (Å²) in [5.41, 5.74) is 0.197. The Morgan fingerprint density at radius 3 is 2.86 bits per heavy atom. The van der Waals surface area contributed by atoms with Gasteiger partial charge in [0.2, 0.25) is 0 Å². The highest BCUT2D eigenvalue weighted by Gasteiger charge is 2.59. The van der Waals surface area contributed by atoms with Crippen LogP contribution in [0.2, 0.25) is 0 Å². The number of methoxy groups -OCH3 is 1. The lowest BCUT2D eigenvalue weighted by molar-refractivity contribution is -0.107. The maximum Gasteiger partial charge on any atom is 0.193 e. The number of aliphatic imine (C=N–C) groups is 1. The lowest BCUT2D eigenvalue weighted by Crippen LogP contribution is -2.68. The summed E-state index contributed by atoms with van der Waals surface area (Å²) in [7, 11) is 3.67. The number of nitrogens with one attached hydrogen (secondary N) is 1. The van der Waals surface area contributed by atoms with Crippen molar-refractivity contribution < 1.29 is 9.47 Å². The molecule has 1 aliphatic carbocycles. The first-order valence-corrected chi connectivity index (χ1v) is 8.16. The van der Waals surface area contributed by atoms with E-state index in [-0.39, 0.29) is 29.4 Å². The Morgan fingerprint density at radius 1 is 1.41 bits per heavy atom. The Morgan fingerprint density at radius 2 is 2.18 bits per heavy atom. The normalized spacial score (nSPS) is 36.5. The lowest BCUT2D eigenvalue weighted by Gasteiger charge is -2.55. The van der Waals surface area contributed by atoms with Gasteiger partial charge in [0, 0.05) is 57.1 Å². The second-order valence-corrected chi connectivity index (χ2v) is 7.29. The van der Waals surface area contributed by atoms with Crippen LogP contribution in [0.3, 0.4) is 0 Å². The number of rotatable bonds is 3. The second-order valence-electron chi connectivity index (χ2n) is 7.29. The number of likely N-dealkylation sites (tertiary alicyclic amines) is 1. The molecule has 0 radical (unpaired) electrons. The first-order valence-electron chi connectivity index (χ1n) is 8.16. The monoisotopic (exact) mass is 423 g/mol. The minimum absolute atomic E-state index is 0. The maximum atomic E-state index is 5.88. The molecule has 22 heavy (non-hydrogen) atoms. The van der Waals surface area contributed by atoms with E-state index < -0.39 is 0 Å². The molecular formula is C16H30IN3O2. The van der Waals surface area contributed by atoms with Crippen molar-refractivity contribution in [2.24, 2.45) is 22.2 Å². The fourth-order valence-corrected chi connectivity index (χ4v) is 4.45. The van der Waals surface area contributed by atoms with Gasteiger partial charge in [-0.05, 0) is 12.8 Å². The first kappa shape index (κ1) is 18.3. The molecule has 4 unspecified atom stereocenters. The fourth-order valence-electron chi connectivity index (χ4n) is 4.45. The van der Waals surface area contributed by atoms with E-state index in [0.717, 1.165) is 32.3 Å². The Hall–Kier alpha value is -0.0800. The van der Waals surface area contributed by atoms with Gasteiger partial charge in [-0.25, -0.2) is 0 Å². The van der Waals surface area contributed by atoms with Crippen LogP contribution in [-0.2, 0) is 9.47 Å². The Bertz CT molecular complexity index is 416. The minimum Gasteiger partial charge on any atom is -0.384 e. The molecule has 0 aromatic rings. The zero-order valence-corrected chi connectivity index (χ0v) is 16.5. The standard InChI is InChI=1S/C16H29N3O2.HI/c1-16(2)13(12-6-8-21-14(12)16)18-15(17-3)19-7-5-11(9-19)10-20-4;/h11-14H,5-10H2,1-4H3,(H,17,18);1H. The van der Waals surface area contributed by atoms with E-state index in [9.17, 15) is 0 Å². The number of ether oxygens (including phenoxy) is 2. The minimum atomic E-state index is 0. The third kappa shape index (κ3) is 3.11. The molecule has 3 aliphatic rings. The van der Waals surface area contributed by atoms with Gasteiger partial charge >= 0.3 is 0 Å². The van der Waals surface area contributed by atoms with E-state index in [1.165, 1.54) is 12.8 Å². The number of hydrogen-bond donors (Lipinski definition) is 1. The topological polar surface area (TPSA) is 46.1 Å². The molecule has 5 nitrogen and oxygen atoms in total. The van der Waals surface area contributed by atoms with Crippen LogP contribution < -0.4 is 5.32 Å². The molecule has 1 N–H and O–H groups in total. The van der Waals surface area contributed by atoms with Crippen LogP contribution in [0.15, 0.2) is 4.99 Å². The zero-order valence-electron chi connectivity index (χ0n) is 14.2. The molecule has 0 aromatic heterocycles. The number of hydrogen-bond acceptors (Lipinski definition) is 3. The average Bonchev–Trinajstić information content (AvgIpc) is 3.08. The van der Waals surface area contributed by atoms with Crippen molar-refractivity contribution in [3.05, 3.63) is 0 Å². The number of fused-ring (bicyclic) bond motifs is 1. The molecule has 3 rings (SSSR count). The van der Waals surface area contributed by atoms with Crippen molar-refractivity contribution in [1.82, 2.24) is 10.2 Å². The van der Waals surface area contributed by atoms with Gasteiger partial charge in [-0.2, -0.15) is 0 Å². The van der Waals surface area contributed by atoms with Crippen molar-refractivity contribution in [1.29, 1.82) is 0 Å². The third-order valence-electron chi connectivity index (χ3n) is 5.58. The molecule has 0 bridgehead atoms. The van der Waals surface area contributed by atoms with Gasteiger partial charge in [-0.3, -0.25) is 4.99 Å². The van der Waals surface area contributed by atoms with E-state index in [2.05, 4.69) is 29.1 Å². The highest BCUT2D eigenvalue weighted by Crippen LogP contribution is 2.52. The second kappa shape index (κ2) is 7.21. The fraction of sp³-hybridized carbons (Fsp3) is 0.938. The molecule has 0 spiro atoms. The van der Waals surface area contributed by atoms with Crippen LogP contribution in [0, 0.1) is 17.3 Å². The van der Waals surface area contributed by atoms with Crippen molar-refractivity contribution >= 4 is 29.9 Å². The molecule has 6 heteroatoms. The predicted molar refractivity (Wildman–Crippen MR) is 98.9 cm³/mol. The van der Waals surface area contributed by atoms with Gasteiger partial charge in [-0.1, -0.05) is 13.8 Å². The number of guanidine groups is 1. The number of nitrogens with zero attached hydrogens (tertiary/aromatic N) is 2. The van der Waals surface area contributed by atoms with Crippen LogP contribution >= 0.6 is 24.0 Å². The summed E-state index contributed by atoms with van der Waals surface area (Å²) < 4.78 is 11.2. The van der Waals surface area contributed by atoms with Gasteiger partial charge in [0.25, 0.3) is 0 Å². The van der Waals surface area contributed by atoms with Crippen molar-refractivity contribution in [2.45, 2.75) is 38.8 Å². The lowest BCUT2D eigenvalue weighted by atomic mass is 9.57. The summed E-state index contributed by atoms with van der Waals surface area (Å²) in [5.74, 6) is 2.33. The average molecular weight is 423 g/mol. The quantitative estimate of drug-likeness (QED) is 0.429. The summed E-state index contributed by atoms with van der Waals surface area (Å²) in [6.45, 7) is 8.50. The summed E-state index contributed by atoms with van der Waals surface area (Å²) in [6, 6.07) is 0.477. The maximum absolute atomic E-state index is 5.88. The third-order valence-corrected chi connectivity index (χ3v) is 5.58. The highest BCUT2D eigenvalue weighted by atomic mass is 127. The number of halogens is 1. The predicted octanol–water partition coefficient (Wildman–Crippen LogP) is 1.96. The van der Waals surface area contributed by atoms with Crippen molar-refractivity contribution in [2.75, 3.05) is 40.5 Å². The molecule has 4 atom stereocenters.